The summed E-state index contributed by atoms with van der Waals surface area (Å²) in [5.41, 5.74) is 0.777. The van der Waals surface area contributed by atoms with Crippen LogP contribution in [-0.2, 0) is 22.7 Å². The van der Waals surface area contributed by atoms with Crippen molar-refractivity contribution < 1.29 is 37.7 Å². The quantitative estimate of drug-likeness (QED) is 0.408. The third-order valence-corrected chi connectivity index (χ3v) is 5.35. The van der Waals surface area contributed by atoms with Crippen molar-refractivity contribution in [1.82, 2.24) is 10.3 Å². The number of esters is 1. The first kappa shape index (κ1) is 24.8. The van der Waals surface area contributed by atoms with E-state index in [-0.39, 0.29) is 31.1 Å². The number of nitrogens with one attached hydrogen (secondary N) is 1. The van der Waals surface area contributed by atoms with Gasteiger partial charge in [-0.3, -0.25) is 9.59 Å². The number of thiazole rings is 1. The van der Waals surface area contributed by atoms with E-state index < -0.39 is 11.9 Å². The molecule has 1 amide bonds. The van der Waals surface area contributed by atoms with Gasteiger partial charge >= 0.3 is 5.97 Å². The van der Waals surface area contributed by atoms with E-state index in [1.54, 1.807) is 5.38 Å². The Morgan fingerprint density at radius 2 is 1.68 bits per heavy atom. The van der Waals surface area contributed by atoms with Crippen LogP contribution < -0.4 is 24.3 Å². The highest BCUT2D eigenvalue weighted by Crippen LogP contribution is 2.38. The molecule has 1 aromatic heterocycles. The zero-order chi connectivity index (χ0) is 24.5. The molecule has 0 unspecified atom stereocenters. The molecule has 0 atom stereocenters. The van der Waals surface area contributed by atoms with Crippen LogP contribution in [0.3, 0.4) is 0 Å². The third-order valence-electron chi connectivity index (χ3n) is 4.48. The van der Waals surface area contributed by atoms with Crippen LogP contribution in [0.25, 0.3) is 0 Å². The van der Waals surface area contributed by atoms with Gasteiger partial charge in [-0.1, -0.05) is 0 Å². The molecule has 0 spiro atoms. The smallest absolute Gasteiger partial charge is 0.325 e. The van der Waals surface area contributed by atoms with E-state index in [1.807, 2.05) is 0 Å². The lowest BCUT2D eigenvalue weighted by molar-refractivity contribution is -0.143. The number of rotatable bonds is 11. The van der Waals surface area contributed by atoms with Gasteiger partial charge in [0.15, 0.2) is 11.5 Å². The number of hydrogen-bond acceptors (Lipinski definition) is 9. The van der Waals surface area contributed by atoms with Gasteiger partial charge in [-0.15, -0.1) is 11.3 Å². The van der Waals surface area contributed by atoms with E-state index in [0.29, 0.717) is 33.7 Å². The van der Waals surface area contributed by atoms with Crippen molar-refractivity contribution >= 4 is 23.2 Å². The van der Waals surface area contributed by atoms with Crippen LogP contribution in [-0.4, -0.2) is 44.7 Å². The fourth-order valence-corrected chi connectivity index (χ4v) is 3.52. The number of carbonyl (C=O) groups is 2. The zero-order valence-corrected chi connectivity index (χ0v) is 19.6. The predicted octanol–water partition coefficient (Wildman–Crippen LogP) is 3.36. The summed E-state index contributed by atoms with van der Waals surface area (Å²) in [7, 11) is 4.34. The fraction of sp³-hybridized carbons (Fsp3) is 0.261. The predicted molar refractivity (Wildman–Crippen MR) is 121 cm³/mol. The number of benzene rings is 2. The van der Waals surface area contributed by atoms with Crippen LogP contribution in [0, 0.1) is 5.82 Å². The lowest BCUT2D eigenvalue weighted by Gasteiger charge is -2.14. The maximum atomic E-state index is 12.9. The first-order valence-electron chi connectivity index (χ1n) is 9.99. The van der Waals surface area contributed by atoms with Crippen LogP contribution in [0.5, 0.6) is 23.0 Å². The average Bonchev–Trinajstić information content (AvgIpc) is 3.32. The molecular weight excluding hydrogens is 467 g/mol. The number of halogens is 1. The second kappa shape index (κ2) is 11.8. The summed E-state index contributed by atoms with van der Waals surface area (Å²) in [4.78, 5) is 28.8. The van der Waals surface area contributed by atoms with Crippen LogP contribution in [0.15, 0.2) is 41.8 Å². The standard InChI is InChI=1S/C23H23FN2O7S/c1-29-18-8-14(9-19(30-2)22(18)31-3)23(28)25-10-21(27)33-11-16-13-34-20(26-16)12-32-17-6-4-15(24)5-7-17/h4-9,13H,10-12H2,1-3H3,(H,25,28). The van der Waals surface area contributed by atoms with Crippen molar-refractivity contribution in [3.63, 3.8) is 0 Å². The van der Waals surface area contributed by atoms with Crippen LogP contribution >= 0.6 is 11.3 Å². The lowest BCUT2D eigenvalue weighted by atomic mass is 10.1. The molecule has 1 heterocycles. The number of aromatic nitrogens is 1. The Morgan fingerprint density at radius 3 is 2.29 bits per heavy atom. The van der Waals surface area contributed by atoms with E-state index in [4.69, 9.17) is 23.7 Å². The summed E-state index contributed by atoms with van der Waals surface area (Å²) in [5.74, 6) is 0.0297. The number of amides is 1. The van der Waals surface area contributed by atoms with E-state index in [0.717, 1.165) is 0 Å². The molecule has 0 radical (unpaired) electrons. The van der Waals surface area contributed by atoms with Crippen LogP contribution in [0.1, 0.15) is 21.1 Å². The minimum atomic E-state index is -0.627. The Morgan fingerprint density at radius 1 is 1.00 bits per heavy atom. The van der Waals surface area contributed by atoms with Crippen LogP contribution in [0.4, 0.5) is 4.39 Å². The Hall–Kier alpha value is -3.86. The molecule has 9 nitrogen and oxygen atoms in total. The Kier molecular flexibility index (Phi) is 8.63. The van der Waals surface area contributed by atoms with Crippen LogP contribution in [0.2, 0.25) is 0 Å². The molecule has 0 aliphatic rings. The molecule has 0 fully saturated rings. The van der Waals surface area contributed by atoms with Gasteiger partial charge in [-0.2, -0.15) is 0 Å². The number of ether oxygens (including phenoxy) is 5. The third kappa shape index (κ3) is 6.58. The van der Waals surface area contributed by atoms with Crippen molar-refractivity contribution in [2.24, 2.45) is 0 Å². The molecular formula is C23H23FN2O7S. The minimum absolute atomic E-state index is 0.0497. The highest BCUT2D eigenvalue weighted by Gasteiger charge is 2.18. The topological polar surface area (TPSA) is 105 Å². The second-order valence-electron chi connectivity index (χ2n) is 6.73. The van der Waals surface area contributed by atoms with Gasteiger partial charge in [0.05, 0.1) is 27.0 Å². The summed E-state index contributed by atoms with van der Waals surface area (Å²) in [6.45, 7) is -0.179. The summed E-state index contributed by atoms with van der Waals surface area (Å²) < 4.78 is 39.3. The summed E-state index contributed by atoms with van der Waals surface area (Å²) in [6, 6.07) is 8.63. The molecule has 0 saturated carbocycles. The second-order valence-corrected chi connectivity index (χ2v) is 7.68. The van der Waals surface area contributed by atoms with E-state index in [1.165, 1.54) is 69.1 Å². The maximum absolute atomic E-state index is 12.9. The molecule has 34 heavy (non-hydrogen) atoms. The SMILES string of the molecule is COc1cc(C(=O)NCC(=O)OCc2csc(COc3ccc(F)cc3)n2)cc(OC)c1OC. The molecule has 180 valence electrons. The van der Waals surface area contributed by atoms with E-state index in [2.05, 4.69) is 10.3 Å². The molecule has 0 aliphatic heterocycles. The van der Waals surface area contributed by atoms with Crippen molar-refractivity contribution in [3.05, 3.63) is 63.9 Å². The molecule has 2 aromatic carbocycles. The van der Waals surface area contributed by atoms with Crippen molar-refractivity contribution in [3.8, 4) is 23.0 Å². The zero-order valence-electron chi connectivity index (χ0n) is 18.8. The number of carbonyl (C=O) groups excluding carboxylic acids is 2. The molecule has 0 bridgehead atoms. The molecule has 3 aromatic rings. The minimum Gasteiger partial charge on any atom is -0.493 e. The van der Waals surface area contributed by atoms with Gasteiger partial charge in [0.1, 0.15) is 36.3 Å². The molecule has 0 aliphatic carbocycles. The number of methoxy groups -OCH3 is 3. The Balaban J connectivity index is 1.46. The normalized spacial score (nSPS) is 10.4. The molecule has 1 N–H and O–H groups in total. The highest BCUT2D eigenvalue weighted by atomic mass is 32.1. The highest BCUT2D eigenvalue weighted by molar-refractivity contribution is 7.09. The summed E-state index contributed by atoms with van der Waals surface area (Å²) in [6.07, 6.45) is 0. The van der Waals surface area contributed by atoms with Crippen molar-refractivity contribution in [2.45, 2.75) is 13.2 Å². The lowest BCUT2D eigenvalue weighted by Crippen LogP contribution is -2.30. The molecule has 3 rings (SSSR count). The van der Waals surface area contributed by atoms with Gasteiger partial charge in [-0.25, -0.2) is 9.37 Å². The van der Waals surface area contributed by atoms with Gasteiger partial charge in [-0.05, 0) is 36.4 Å². The first-order valence-corrected chi connectivity index (χ1v) is 10.9. The van der Waals surface area contributed by atoms with Crippen molar-refractivity contribution in [1.29, 1.82) is 0 Å². The fourth-order valence-electron chi connectivity index (χ4n) is 2.83. The van der Waals surface area contributed by atoms with E-state index in [9.17, 15) is 14.0 Å². The monoisotopic (exact) mass is 490 g/mol. The van der Waals surface area contributed by atoms with Gasteiger partial charge in [0.25, 0.3) is 5.91 Å². The maximum Gasteiger partial charge on any atom is 0.325 e. The average molecular weight is 491 g/mol. The Bertz CT molecular complexity index is 1110. The molecule has 0 saturated heterocycles. The summed E-state index contributed by atoms with van der Waals surface area (Å²) in [5, 5.41) is 4.91. The summed E-state index contributed by atoms with van der Waals surface area (Å²) >= 11 is 1.34. The first-order chi connectivity index (χ1) is 16.4. The number of hydrogen-bond donors (Lipinski definition) is 1. The van der Waals surface area contributed by atoms with E-state index >= 15 is 0 Å². The van der Waals surface area contributed by atoms with Gasteiger partial charge < -0.3 is 29.0 Å². The van der Waals surface area contributed by atoms with Gasteiger partial charge in [0.2, 0.25) is 5.75 Å². The Labute approximate surface area is 199 Å². The largest absolute Gasteiger partial charge is 0.493 e. The molecule has 11 heteroatoms. The number of nitrogens with zero attached hydrogens (tertiary/aromatic N) is 1. The van der Waals surface area contributed by atoms with Gasteiger partial charge in [0, 0.05) is 10.9 Å². The van der Waals surface area contributed by atoms with Crippen molar-refractivity contribution in [2.75, 3.05) is 27.9 Å².